The fraction of sp³-hybridized carbons (Fsp3) is 0.342. The quantitative estimate of drug-likeness (QED) is 0.0761. The topological polar surface area (TPSA) is 148 Å². The van der Waals surface area contributed by atoms with E-state index in [0.717, 1.165) is 17.2 Å². The van der Waals surface area contributed by atoms with Gasteiger partial charge in [0, 0.05) is 32.6 Å². The minimum atomic E-state index is -0.590. The number of carbonyl (C=O) groups is 1. The highest BCUT2D eigenvalue weighted by Crippen LogP contribution is 2.18. The summed E-state index contributed by atoms with van der Waals surface area (Å²) >= 11 is 0. The first kappa shape index (κ1) is 38.6. The fourth-order valence-corrected chi connectivity index (χ4v) is 4.00. The van der Waals surface area contributed by atoms with Gasteiger partial charge < -0.3 is 49.6 Å². The highest BCUT2D eigenvalue weighted by molar-refractivity contribution is 5.79. The molecule has 264 valence electrons. The lowest BCUT2D eigenvalue weighted by molar-refractivity contribution is -0.120. The predicted molar refractivity (Wildman–Crippen MR) is 188 cm³/mol. The van der Waals surface area contributed by atoms with E-state index < -0.39 is 12.2 Å². The molecule has 0 saturated heterocycles. The van der Waals surface area contributed by atoms with Crippen molar-refractivity contribution in [2.45, 2.75) is 25.6 Å². The number of hydrogen-bond acceptors (Lipinski definition) is 11. The molecule has 11 heteroatoms. The number of aliphatic hydroxyl groups excluding tert-OH is 2. The number of ether oxygens (including phenoxy) is 5. The van der Waals surface area contributed by atoms with Gasteiger partial charge in [0.25, 0.3) is 0 Å². The Morgan fingerprint density at radius 2 is 0.959 bits per heavy atom. The largest absolute Gasteiger partial charge is 0.508 e. The third-order valence-corrected chi connectivity index (χ3v) is 6.68. The van der Waals surface area contributed by atoms with Crippen LogP contribution in [0.15, 0.2) is 109 Å². The fourth-order valence-electron chi connectivity index (χ4n) is 4.00. The first-order chi connectivity index (χ1) is 23.9. The zero-order chi connectivity index (χ0) is 34.9. The molecule has 0 fully saturated rings. The van der Waals surface area contributed by atoms with E-state index in [0.29, 0.717) is 57.3 Å². The third-order valence-electron chi connectivity index (χ3n) is 6.68. The summed E-state index contributed by atoms with van der Waals surface area (Å²) in [5.74, 6) is 3.84. The van der Waals surface area contributed by atoms with Crippen molar-refractivity contribution < 1.29 is 43.8 Å². The molecule has 49 heavy (non-hydrogen) atoms. The van der Waals surface area contributed by atoms with Crippen molar-refractivity contribution in [1.82, 2.24) is 10.6 Å². The smallest absolute Gasteiger partial charge is 0.169 e. The van der Waals surface area contributed by atoms with Gasteiger partial charge in [0.1, 0.15) is 79.7 Å². The lowest BCUT2D eigenvalue weighted by Crippen LogP contribution is -2.33. The second-order valence-electron chi connectivity index (χ2n) is 10.8. The van der Waals surface area contributed by atoms with E-state index in [1.165, 1.54) is 0 Å². The van der Waals surface area contributed by atoms with Crippen LogP contribution >= 0.6 is 0 Å². The number of rotatable bonds is 22. The van der Waals surface area contributed by atoms with Crippen molar-refractivity contribution in [3.8, 4) is 34.5 Å². The van der Waals surface area contributed by atoms with E-state index in [-0.39, 0.29) is 31.4 Å². The van der Waals surface area contributed by atoms with Gasteiger partial charge in [0.2, 0.25) is 0 Å². The zero-order valence-electron chi connectivity index (χ0n) is 27.9. The molecule has 0 radical (unpaired) electrons. The van der Waals surface area contributed by atoms with E-state index in [4.69, 9.17) is 28.8 Å². The molecular weight excluding hydrogens is 628 g/mol. The summed E-state index contributed by atoms with van der Waals surface area (Å²) in [5.41, 5.74) is 0. The van der Waals surface area contributed by atoms with E-state index in [9.17, 15) is 15.0 Å². The van der Waals surface area contributed by atoms with Gasteiger partial charge in [-0.05, 0) is 72.8 Å². The van der Waals surface area contributed by atoms with Crippen LogP contribution in [0.4, 0.5) is 0 Å². The van der Waals surface area contributed by atoms with Gasteiger partial charge in [-0.3, -0.25) is 4.79 Å². The van der Waals surface area contributed by atoms with Crippen molar-refractivity contribution in [3.63, 3.8) is 0 Å². The summed E-state index contributed by atoms with van der Waals surface area (Å²) in [4.78, 5) is 11.2. The van der Waals surface area contributed by atoms with E-state index in [1.54, 1.807) is 48.5 Å². The van der Waals surface area contributed by atoms with Crippen LogP contribution in [0.25, 0.3) is 0 Å². The van der Waals surface area contributed by atoms with Gasteiger partial charge >= 0.3 is 0 Å². The lowest BCUT2D eigenvalue weighted by Gasteiger charge is -2.13. The molecule has 4 aromatic rings. The molecule has 5 N–H and O–H groups in total. The van der Waals surface area contributed by atoms with Crippen molar-refractivity contribution in [2.24, 2.45) is 0 Å². The average molecular weight is 677 g/mol. The maximum absolute atomic E-state index is 11.2. The van der Waals surface area contributed by atoms with Gasteiger partial charge in [-0.2, -0.15) is 0 Å². The van der Waals surface area contributed by atoms with Crippen LogP contribution in [-0.4, -0.2) is 92.5 Å². The Labute approximate surface area is 288 Å². The van der Waals surface area contributed by atoms with Crippen LogP contribution in [-0.2, 0) is 4.79 Å². The Balaban J connectivity index is 0.000000271. The Morgan fingerprint density at radius 1 is 0.571 bits per heavy atom. The average Bonchev–Trinajstić information content (AvgIpc) is 3.14. The number of Topliss-reactive ketones (excluding diaryl/α,β-unsaturated/α-hetero) is 1. The van der Waals surface area contributed by atoms with Gasteiger partial charge in [-0.1, -0.05) is 43.3 Å². The van der Waals surface area contributed by atoms with Crippen molar-refractivity contribution in [2.75, 3.05) is 59.2 Å². The Bertz CT molecular complexity index is 1410. The van der Waals surface area contributed by atoms with E-state index in [1.807, 2.05) is 67.6 Å². The molecule has 0 spiro atoms. The van der Waals surface area contributed by atoms with Crippen molar-refractivity contribution in [1.29, 1.82) is 0 Å². The molecular formula is C38H48N2O9. The number of hydrogen-bond donors (Lipinski definition) is 5. The van der Waals surface area contributed by atoms with Crippen LogP contribution < -0.4 is 34.3 Å². The monoisotopic (exact) mass is 676 g/mol. The molecule has 2 unspecified atom stereocenters. The second-order valence-corrected chi connectivity index (χ2v) is 10.8. The number of carbonyl (C=O) groups excluding carboxylic acids is 1. The summed E-state index contributed by atoms with van der Waals surface area (Å²) in [6.45, 7) is 5.42. The highest BCUT2D eigenvalue weighted by atomic mass is 16.5. The predicted octanol–water partition coefficient (Wildman–Crippen LogP) is 4.25. The van der Waals surface area contributed by atoms with Crippen LogP contribution in [0.2, 0.25) is 0 Å². The highest BCUT2D eigenvalue weighted by Gasteiger charge is 2.06. The number of benzene rings is 4. The van der Waals surface area contributed by atoms with Crippen molar-refractivity contribution in [3.05, 3.63) is 109 Å². The molecule has 0 aliphatic carbocycles. The summed E-state index contributed by atoms with van der Waals surface area (Å²) in [6, 6.07) is 32.5. The first-order valence-corrected chi connectivity index (χ1v) is 16.3. The minimum absolute atomic E-state index is 0.0674. The van der Waals surface area contributed by atoms with Gasteiger partial charge in [0.15, 0.2) is 5.78 Å². The van der Waals surface area contributed by atoms with Crippen LogP contribution in [0, 0.1) is 0 Å². The number of phenolic OH excluding ortho intramolecular Hbond substituents is 1. The number of para-hydroxylation sites is 2. The molecule has 2 atom stereocenters. The third kappa shape index (κ3) is 17.8. The summed E-state index contributed by atoms with van der Waals surface area (Å²) in [7, 11) is 0. The number of ketones is 1. The number of aliphatic hydroxyl groups is 2. The second kappa shape index (κ2) is 23.5. The van der Waals surface area contributed by atoms with E-state index in [2.05, 4.69) is 10.6 Å². The molecule has 11 nitrogen and oxygen atoms in total. The lowest BCUT2D eigenvalue weighted by atomic mass is 10.3. The van der Waals surface area contributed by atoms with E-state index >= 15 is 0 Å². The summed E-state index contributed by atoms with van der Waals surface area (Å²) in [5, 5.41) is 35.1. The summed E-state index contributed by atoms with van der Waals surface area (Å²) in [6.07, 6.45) is -0.692. The Hall–Kier alpha value is -4.81. The molecule has 0 aromatic heterocycles. The molecule has 0 heterocycles. The standard InChI is InChI=1S/C21H27NO5.C17H21NO4/c1-2-17(23)15-26-21-10-8-20(9-11-21)25-13-12-22-14-18(24)16-27-19-6-4-3-5-7-19;19-14-6-8-17(9-7-14)21-11-10-18-12-15(20)13-22-16-4-2-1-3-5-16/h3-11,18,22,24H,2,12-16H2,1H3;1-9,15,18-20H,10-13H2. The van der Waals surface area contributed by atoms with Crippen LogP contribution in [0.1, 0.15) is 13.3 Å². The maximum atomic E-state index is 11.2. The molecule has 4 rings (SSSR count). The van der Waals surface area contributed by atoms with Gasteiger partial charge in [0.05, 0.1) is 0 Å². The van der Waals surface area contributed by atoms with Crippen LogP contribution in [0.5, 0.6) is 34.5 Å². The Kier molecular flexibility index (Phi) is 18.5. The SMILES string of the molecule is CCC(=O)COc1ccc(OCCNCC(O)COc2ccccc2)cc1.Oc1ccc(OCCNCC(O)COc2ccccc2)cc1. The molecule has 0 aliphatic rings. The summed E-state index contributed by atoms with van der Waals surface area (Å²) < 4.78 is 27.4. The molecule has 0 aliphatic heterocycles. The Morgan fingerprint density at radius 3 is 1.39 bits per heavy atom. The number of nitrogens with one attached hydrogen (secondary N) is 2. The maximum Gasteiger partial charge on any atom is 0.169 e. The molecule has 4 aromatic carbocycles. The number of phenols is 1. The van der Waals surface area contributed by atoms with Crippen molar-refractivity contribution >= 4 is 5.78 Å². The first-order valence-electron chi connectivity index (χ1n) is 16.3. The van der Waals surface area contributed by atoms with Gasteiger partial charge in [-0.25, -0.2) is 0 Å². The molecule has 0 saturated carbocycles. The number of aromatic hydroxyl groups is 1. The molecule has 0 bridgehead atoms. The molecule has 0 amide bonds. The normalized spacial score (nSPS) is 11.7. The van der Waals surface area contributed by atoms with Crippen LogP contribution in [0.3, 0.4) is 0 Å². The minimum Gasteiger partial charge on any atom is -0.508 e. The van der Waals surface area contributed by atoms with Gasteiger partial charge in [-0.15, -0.1) is 0 Å². The zero-order valence-corrected chi connectivity index (χ0v) is 27.9.